The van der Waals surface area contributed by atoms with E-state index < -0.39 is 11.5 Å². The number of nitrogens with two attached hydrogens (primary N) is 1. The molecule has 1 saturated heterocycles. The number of anilines is 2. The fraction of sp³-hybridized carbons (Fsp3) is 0.276. The van der Waals surface area contributed by atoms with Gasteiger partial charge in [0.25, 0.3) is 0 Å². The summed E-state index contributed by atoms with van der Waals surface area (Å²) in [4.78, 5) is 15.8. The van der Waals surface area contributed by atoms with Crippen LogP contribution in [0.25, 0.3) is 11.1 Å². The van der Waals surface area contributed by atoms with Gasteiger partial charge in [-0.05, 0) is 61.1 Å². The van der Waals surface area contributed by atoms with Gasteiger partial charge >= 0.3 is 0 Å². The standard InChI is InChI=1S/C29H30N6O2/c1-20(28(31)36)21-5-7-24(8-6-21)33-13-9-22(10-14-33)26-15-25(18-35-27(26)23(16-30)17-32-35)34-12-4-3-11-29(2,37)19-34/h3-8,11-12,15,17-18,22,37H,1,9-10,13-14,19H2,2H3,(H2,31,36). The zero-order chi connectivity index (χ0) is 26.2. The Kier molecular flexibility index (Phi) is 6.32. The highest BCUT2D eigenvalue weighted by Crippen LogP contribution is 2.36. The number of pyridine rings is 1. The van der Waals surface area contributed by atoms with Gasteiger partial charge in [-0.15, -0.1) is 0 Å². The number of fused-ring (bicyclic) bond motifs is 1. The third-order valence-corrected chi connectivity index (χ3v) is 7.21. The number of nitriles is 1. The lowest BCUT2D eigenvalue weighted by molar-refractivity contribution is -0.112. The number of aromatic nitrogens is 2. The summed E-state index contributed by atoms with van der Waals surface area (Å²) in [6.07, 6.45) is 12.9. The Labute approximate surface area is 216 Å². The first kappa shape index (κ1) is 24.3. The van der Waals surface area contributed by atoms with Crippen molar-refractivity contribution >= 4 is 28.4 Å². The minimum atomic E-state index is -0.967. The normalized spacial score (nSPS) is 20.1. The lowest BCUT2D eigenvalue weighted by atomic mass is 9.88. The SMILES string of the molecule is C=C(C(N)=O)c1ccc(N2CCC(c3cc(N4C=CC=CC(C)(O)C4)cn4ncc(C#N)c34)CC2)cc1. The Hall–Kier alpha value is -4.35. The monoisotopic (exact) mass is 494 g/mol. The van der Waals surface area contributed by atoms with Gasteiger partial charge in [0.15, 0.2) is 0 Å². The van der Waals surface area contributed by atoms with E-state index in [1.165, 1.54) is 0 Å². The van der Waals surface area contributed by atoms with Crippen LogP contribution in [-0.4, -0.2) is 45.9 Å². The molecule has 4 heterocycles. The molecule has 0 bridgehead atoms. The van der Waals surface area contributed by atoms with Gasteiger partial charge in [0, 0.05) is 30.5 Å². The van der Waals surface area contributed by atoms with Crippen molar-refractivity contribution in [1.29, 1.82) is 5.26 Å². The Morgan fingerprint density at radius 3 is 2.62 bits per heavy atom. The predicted octanol–water partition coefficient (Wildman–Crippen LogP) is 3.73. The van der Waals surface area contributed by atoms with Crippen molar-refractivity contribution in [1.82, 2.24) is 9.61 Å². The summed E-state index contributed by atoms with van der Waals surface area (Å²) in [6, 6.07) is 12.2. The number of carbonyl (C=O) groups excluding carboxylic acids is 1. The molecule has 1 aromatic carbocycles. The van der Waals surface area contributed by atoms with Crippen molar-refractivity contribution in [3.8, 4) is 6.07 Å². The zero-order valence-corrected chi connectivity index (χ0v) is 20.8. The molecule has 3 aromatic rings. The van der Waals surface area contributed by atoms with Crippen molar-refractivity contribution in [2.24, 2.45) is 5.73 Å². The second-order valence-electron chi connectivity index (χ2n) is 9.95. The van der Waals surface area contributed by atoms with Gasteiger partial charge in [-0.25, -0.2) is 4.52 Å². The van der Waals surface area contributed by atoms with Crippen LogP contribution in [-0.2, 0) is 4.79 Å². The summed E-state index contributed by atoms with van der Waals surface area (Å²) in [5.74, 6) is -0.264. The third kappa shape index (κ3) is 4.86. The van der Waals surface area contributed by atoms with E-state index in [4.69, 9.17) is 5.73 Å². The Morgan fingerprint density at radius 2 is 1.95 bits per heavy atom. The van der Waals surface area contributed by atoms with Gasteiger partial charge in [0.2, 0.25) is 5.91 Å². The summed E-state index contributed by atoms with van der Waals surface area (Å²) in [5.41, 5.74) is 9.94. The smallest absolute Gasteiger partial charge is 0.248 e. The highest BCUT2D eigenvalue weighted by molar-refractivity contribution is 6.17. The average Bonchev–Trinajstić information content (AvgIpc) is 3.23. The van der Waals surface area contributed by atoms with Crippen LogP contribution in [0, 0.1) is 11.3 Å². The fourth-order valence-electron chi connectivity index (χ4n) is 5.20. The molecule has 0 radical (unpaired) electrons. The maximum Gasteiger partial charge on any atom is 0.248 e. The van der Waals surface area contributed by atoms with Gasteiger partial charge in [-0.3, -0.25) is 4.79 Å². The number of nitrogens with zero attached hydrogens (tertiary/aromatic N) is 5. The molecule has 0 saturated carbocycles. The molecule has 8 nitrogen and oxygen atoms in total. The Balaban J connectivity index is 1.41. The van der Waals surface area contributed by atoms with Crippen LogP contribution in [0.5, 0.6) is 0 Å². The number of β-amino-alcohol motifs (C(OH)–C–C–N with tert-alkyl or cyclic N) is 1. The molecular weight excluding hydrogens is 464 g/mol. The second-order valence-corrected chi connectivity index (χ2v) is 9.95. The lowest BCUT2D eigenvalue weighted by Gasteiger charge is -2.35. The van der Waals surface area contributed by atoms with Crippen LogP contribution in [0.2, 0.25) is 0 Å². The van der Waals surface area contributed by atoms with E-state index >= 15 is 0 Å². The molecule has 3 N–H and O–H groups in total. The van der Waals surface area contributed by atoms with E-state index in [0.717, 1.165) is 53.9 Å². The van der Waals surface area contributed by atoms with Crippen molar-refractivity contribution in [2.75, 3.05) is 29.4 Å². The summed E-state index contributed by atoms with van der Waals surface area (Å²) in [7, 11) is 0. The summed E-state index contributed by atoms with van der Waals surface area (Å²) in [6.45, 7) is 7.67. The number of benzene rings is 1. The molecule has 37 heavy (non-hydrogen) atoms. The zero-order valence-electron chi connectivity index (χ0n) is 20.8. The highest BCUT2D eigenvalue weighted by Gasteiger charge is 2.27. The summed E-state index contributed by atoms with van der Waals surface area (Å²) < 4.78 is 1.79. The predicted molar refractivity (Wildman–Crippen MR) is 145 cm³/mol. The van der Waals surface area contributed by atoms with E-state index in [1.54, 1.807) is 23.7 Å². The maximum absolute atomic E-state index is 11.4. The van der Waals surface area contributed by atoms with Crippen molar-refractivity contribution < 1.29 is 9.90 Å². The molecule has 5 rings (SSSR count). The number of amides is 1. The molecule has 1 atom stereocenters. The number of carbonyl (C=O) groups is 1. The fourth-order valence-corrected chi connectivity index (χ4v) is 5.20. The van der Waals surface area contributed by atoms with Gasteiger partial charge < -0.3 is 20.6 Å². The molecule has 1 fully saturated rings. The molecule has 0 spiro atoms. The molecular formula is C29H30N6O2. The minimum Gasteiger partial charge on any atom is -0.384 e. The number of hydrogen-bond acceptors (Lipinski definition) is 6. The van der Waals surface area contributed by atoms with E-state index in [2.05, 4.69) is 28.7 Å². The van der Waals surface area contributed by atoms with Crippen molar-refractivity contribution in [3.63, 3.8) is 0 Å². The molecule has 2 aromatic heterocycles. The van der Waals surface area contributed by atoms with E-state index in [1.807, 2.05) is 53.7 Å². The average molecular weight is 495 g/mol. The summed E-state index contributed by atoms with van der Waals surface area (Å²) >= 11 is 0. The van der Waals surface area contributed by atoms with Crippen LogP contribution in [0.1, 0.15) is 42.4 Å². The number of hydrogen-bond donors (Lipinski definition) is 2. The molecule has 8 heteroatoms. The van der Waals surface area contributed by atoms with Crippen LogP contribution in [0.3, 0.4) is 0 Å². The Morgan fingerprint density at radius 1 is 1.22 bits per heavy atom. The highest BCUT2D eigenvalue weighted by atomic mass is 16.3. The van der Waals surface area contributed by atoms with E-state index in [9.17, 15) is 15.2 Å². The van der Waals surface area contributed by atoms with Gasteiger partial charge in [0.05, 0.1) is 41.3 Å². The molecule has 1 unspecified atom stereocenters. The lowest BCUT2D eigenvalue weighted by Crippen LogP contribution is -2.36. The Bertz CT molecular complexity index is 1450. The number of rotatable bonds is 5. The van der Waals surface area contributed by atoms with Gasteiger partial charge in [0.1, 0.15) is 6.07 Å². The molecule has 1 amide bonds. The van der Waals surface area contributed by atoms with Crippen LogP contribution < -0.4 is 15.5 Å². The number of piperidine rings is 1. The largest absolute Gasteiger partial charge is 0.384 e. The van der Waals surface area contributed by atoms with E-state index in [0.29, 0.717) is 17.7 Å². The molecule has 2 aliphatic heterocycles. The van der Waals surface area contributed by atoms with E-state index in [-0.39, 0.29) is 5.92 Å². The quantitative estimate of drug-likeness (QED) is 0.523. The van der Waals surface area contributed by atoms with Crippen molar-refractivity contribution in [3.05, 3.63) is 90.4 Å². The third-order valence-electron chi connectivity index (χ3n) is 7.21. The first-order valence-corrected chi connectivity index (χ1v) is 12.4. The van der Waals surface area contributed by atoms with Crippen LogP contribution >= 0.6 is 0 Å². The number of aliphatic hydroxyl groups is 1. The first-order chi connectivity index (χ1) is 17.8. The molecule has 188 valence electrons. The van der Waals surface area contributed by atoms with Crippen LogP contribution in [0.15, 0.2) is 73.7 Å². The van der Waals surface area contributed by atoms with Crippen LogP contribution in [0.4, 0.5) is 11.4 Å². The molecule has 0 aliphatic carbocycles. The van der Waals surface area contributed by atoms with Gasteiger partial charge in [-0.2, -0.15) is 10.4 Å². The maximum atomic E-state index is 11.4. The number of primary amides is 1. The van der Waals surface area contributed by atoms with Crippen molar-refractivity contribution in [2.45, 2.75) is 31.3 Å². The minimum absolute atomic E-state index is 0.256. The first-order valence-electron chi connectivity index (χ1n) is 12.4. The molecule has 2 aliphatic rings. The summed E-state index contributed by atoms with van der Waals surface area (Å²) in [5, 5.41) is 24.9. The van der Waals surface area contributed by atoms with Gasteiger partial charge in [-0.1, -0.05) is 30.9 Å². The second kappa shape index (κ2) is 9.60. The topological polar surface area (TPSA) is 111 Å². The number of allylic oxidation sites excluding steroid dienone is 2.